The van der Waals surface area contributed by atoms with E-state index in [1.54, 1.807) is 0 Å². The van der Waals surface area contributed by atoms with Crippen LogP contribution in [-0.4, -0.2) is 19.2 Å². The van der Waals surface area contributed by atoms with Gasteiger partial charge in [0.2, 0.25) is 0 Å². The molecule has 1 atom stereocenters. The second-order valence-electron chi connectivity index (χ2n) is 4.76. The van der Waals surface area contributed by atoms with Gasteiger partial charge in [0.25, 0.3) is 0 Å². The molecule has 0 aliphatic rings. The molecule has 1 aromatic carbocycles. The third-order valence-corrected chi connectivity index (χ3v) is 3.22. The molecule has 0 radical (unpaired) electrons. The van der Waals surface area contributed by atoms with Gasteiger partial charge in [0.1, 0.15) is 11.3 Å². The first-order valence-corrected chi connectivity index (χ1v) is 6.40. The average molecular weight is 246 g/mol. The smallest absolute Gasteiger partial charge is 0.122 e. The van der Waals surface area contributed by atoms with E-state index in [0.717, 1.165) is 30.6 Å². The molecule has 0 spiro atoms. The zero-order valence-electron chi connectivity index (χ0n) is 11.5. The summed E-state index contributed by atoms with van der Waals surface area (Å²) in [4.78, 5) is 0. The van der Waals surface area contributed by atoms with E-state index in [1.165, 1.54) is 0 Å². The second-order valence-corrected chi connectivity index (χ2v) is 4.76. The van der Waals surface area contributed by atoms with Crippen molar-refractivity contribution in [1.29, 1.82) is 5.26 Å². The SMILES string of the molecule is CNC(C)(C#N)CCCCOc1ccccc1C. The summed E-state index contributed by atoms with van der Waals surface area (Å²) < 4.78 is 5.72. The first-order chi connectivity index (χ1) is 8.61. The van der Waals surface area contributed by atoms with Crippen molar-refractivity contribution in [2.45, 2.75) is 38.6 Å². The molecule has 0 heterocycles. The second kappa shape index (κ2) is 7.03. The average Bonchev–Trinajstić information content (AvgIpc) is 2.40. The van der Waals surface area contributed by atoms with E-state index >= 15 is 0 Å². The van der Waals surface area contributed by atoms with Gasteiger partial charge in [-0.05, 0) is 51.8 Å². The van der Waals surface area contributed by atoms with Crippen LogP contribution in [0.15, 0.2) is 24.3 Å². The van der Waals surface area contributed by atoms with Crippen molar-refractivity contribution in [3.63, 3.8) is 0 Å². The fraction of sp³-hybridized carbons (Fsp3) is 0.533. The van der Waals surface area contributed by atoms with Crippen molar-refractivity contribution >= 4 is 0 Å². The number of para-hydroxylation sites is 1. The first kappa shape index (κ1) is 14.5. The van der Waals surface area contributed by atoms with Gasteiger partial charge in [-0.1, -0.05) is 18.2 Å². The van der Waals surface area contributed by atoms with E-state index < -0.39 is 5.54 Å². The molecule has 0 amide bonds. The molecule has 3 heteroatoms. The quantitative estimate of drug-likeness (QED) is 0.752. The van der Waals surface area contributed by atoms with Crippen LogP contribution in [0.5, 0.6) is 5.75 Å². The van der Waals surface area contributed by atoms with Crippen molar-refractivity contribution in [3.05, 3.63) is 29.8 Å². The van der Waals surface area contributed by atoms with Gasteiger partial charge in [-0.15, -0.1) is 0 Å². The van der Waals surface area contributed by atoms with Gasteiger partial charge in [0, 0.05) is 0 Å². The van der Waals surface area contributed by atoms with Crippen LogP contribution in [-0.2, 0) is 0 Å². The summed E-state index contributed by atoms with van der Waals surface area (Å²) in [5, 5.41) is 12.1. The van der Waals surface area contributed by atoms with Gasteiger partial charge >= 0.3 is 0 Å². The fourth-order valence-electron chi connectivity index (χ4n) is 1.72. The monoisotopic (exact) mass is 246 g/mol. The number of unbranched alkanes of at least 4 members (excludes halogenated alkanes) is 1. The van der Waals surface area contributed by atoms with Crippen LogP contribution in [0.3, 0.4) is 0 Å². The van der Waals surface area contributed by atoms with E-state index in [4.69, 9.17) is 10.00 Å². The Morgan fingerprint density at radius 1 is 1.33 bits per heavy atom. The number of nitriles is 1. The molecule has 0 fully saturated rings. The van der Waals surface area contributed by atoms with Crippen molar-refractivity contribution in [1.82, 2.24) is 5.32 Å². The molecular formula is C15H22N2O. The van der Waals surface area contributed by atoms with Crippen molar-refractivity contribution < 1.29 is 4.74 Å². The van der Waals surface area contributed by atoms with Gasteiger partial charge in [-0.2, -0.15) is 5.26 Å². The molecule has 0 aliphatic heterocycles. The van der Waals surface area contributed by atoms with Crippen molar-refractivity contribution in [2.24, 2.45) is 0 Å². The number of nitrogens with zero attached hydrogens (tertiary/aromatic N) is 1. The Balaban J connectivity index is 2.24. The third kappa shape index (κ3) is 4.38. The Morgan fingerprint density at radius 2 is 2.06 bits per heavy atom. The molecule has 0 aliphatic carbocycles. The van der Waals surface area contributed by atoms with Crippen LogP contribution in [0.1, 0.15) is 31.7 Å². The first-order valence-electron chi connectivity index (χ1n) is 6.40. The van der Waals surface area contributed by atoms with Crippen molar-refractivity contribution in [2.75, 3.05) is 13.7 Å². The lowest BCUT2D eigenvalue weighted by molar-refractivity contribution is 0.295. The predicted octanol–water partition coefficient (Wildman–Crippen LogP) is 3.05. The number of ether oxygens (including phenoxy) is 1. The minimum absolute atomic E-state index is 0.414. The highest BCUT2D eigenvalue weighted by molar-refractivity contribution is 5.31. The highest BCUT2D eigenvalue weighted by Gasteiger charge is 2.19. The Labute approximate surface area is 110 Å². The standard InChI is InChI=1S/C15H22N2O/c1-13-8-4-5-9-14(13)18-11-7-6-10-15(2,12-16)17-3/h4-5,8-9,17H,6-7,10-11H2,1-3H3. The fourth-order valence-corrected chi connectivity index (χ4v) is 1.72. The molecule has 98 valence electrons. The molecule has 1 rings (SSSR count). The van der Waals surface area contributed by atoms with E-state index in [9.17, 15) is 0 Å². The molecule has 18 heavy (non-hydrogen) atoms. The van der Waals surface area contributed by atoms with Crippen LogP contribution in [0.4, 0.5) is 0 Å². The summed E-state index contributed by atoms with van der Waals surface area (Å²) in [5.74, 6) is 0.953. The molecule has 1 unspecified atom stereocenters. The molecule has 1 aromatic rings. The third-order valence-electron chi connectivity index (χ3n) is 3.22. The van der Waals surface area contributed by atoms with Gasteiger partial charge in [0.05, 0.1) is 12.7 Å². The summed E-state index contributed by atoms with van der Waals surface area (Å²) in [6.07, 6.45) is 2.79. The Bertz CT molecular complexity index is 411. The van der Waals surface area contributed by atoms with Gasteiger partial charge < -0.3 is 10.1 Å². The number of aryl methyl sites for hydroxylation is 1. The van der Waals surface area contributed by atoms with Crippen molar-refractivity contribution in [3.8, 4) is 11.8 Å². The largest absolute Gasteiger partial charge is 0.493 e. The summed E-state index contributed by atoms with van der Waals surface area (Å²) in [5.41, 5.74) is 0.748. The Kier molecular flexibility index (Phi) is 5.67. The normalized spacial score (nSPS) is 13.7. The lowest BCUT2D eigenvalue weighted by Gasteiger charge is -2.20. The predicted molar refractivity (Wildman–Crippen MR) is 73.6 cm³/mol. The molecule has 0 aromatic heterocycles. The number of benzene rings is 1. The maximum atomic E-state index is 9.01. The Morgan fingerprint density at radius 3 is 2.67 bits per heavy atom. The zero-order valence-corrected chi connectivity index (χ0v) is 11.5. The number of hydrogen-bond donors (Lipinski definition) is 1. The van der Waals surface area contributed by atoms with Gasteiger partial charge in [0.15, 0.2) is 0 Å². The number of nitrogens with one attached hydrogen (secondary N) is 1. The molecule has 0 bridgehead atoms. The minimum Gasteiger partial charge on any atom is -0.493 e. The van der Waals surface area contributed by atoms with Crippen LogP contribution >= 0.6 is 0 Å². The van der Waals surface area contributed by atoms with Crippen LogP contribution in [0.2, 0.25) is 0 Å². The summed E-state index contributed by atoms with van der Waals surface area (Å²) >= 11 is 0. The lowest BCUT2D eigenvalue weighted by Crippen LogP contribution is -2.37. The molecule has 3 nitrogen and oxygen atoms in total. The van der Waals surface area contributed by atoms with E-state index in [-0.39, 0.29) is 0 Å². The topological polar surface area (TPSA) is 45.0 Å². The van der Waals surface area contributed by atoms with Crippen LogP contribution < -0.4 is 10.1 Å². The maximum absolute atomic E-state index is 9.01. The summed E-state index contributed by atoms with van der Waals surface area (Å²) in [6, 6.07) is 10.3. The number of hydrogen-bond acceptors (Lipinski definition) is 3. The molecule has 0 saturated heterocycles. The highest BCUT2D eigenvalue weighted by atomic mass is 16.5. The molecule has 1 N–H and O–H groups in total. The maximum Gasteiger partial charge on any atom is 0.122 e. The van der Waals surface area contributed by atoms with Gasteiger partial charge in [-0.3, -0.25) is 0 Å². The number of rotatable bonds is 7. The minimum atomic E-state index is -0.414. The van der Waals surface area contributed by atoms with E-state index in [2.05, 4.69) is 11.4 Å². The summed E-state index contributed by atoms with van der Waals surface area (Å²) in [7, 11) is 1.83. The van der Waals surface area contributed by atoms with Crippen LogP contribution in [0.25, 0.3) is 0 Å². The molecular weight excluding hydrogens is 224 g/mol. The summed E-state index contributed by atoms with van der Waals surface area (Å²) in [6.45, 7) is 4.67. The Hall–Kier alpha value is -1.53. The van der Waals surface area contributed by atoms with E-state index in [0.29, 0.717) is 6.61 Å². The molecule has 0 saturated carbocycles. The lowest BCUT2D eigenvalue weighted by atomic mass is 9.97. The van der Waals surface area contributed by atoms with Gasteiger partial charge in [-0.25, -0.2) is 0 Å². The van der Waals surface area contributed by atoms with Crippen LogP contribution in [0, 0.1) is 18.3 Å². The highest BCUT2D eigenvalue weighted by Crippen LogP contribution is 2.17. The zero-order chi connectivity index (χ0) is 13.4. The van der Waals surface area contributed by atoms with E-state index in [1.807, 2.05) is 45.2 Å².